The molecule has 3 heterocycles. The second-order valence-electron chi connectivity index (χ2n) is 12.9. The molecule has 3 nitrogen and oxygen atoms in total. The number of aromatic nitrogens is 2. The lowest BCUT2D eigenvalue weighted by atomic mass is 10.1. The highest BCUT2D eigenvalue weighted by atomic mass is 16.3. The van der Waals surface area contributed by atoms with Crippen molar-refractivity contribution in [2.75, 3.05) is 0 Å². The quantitative estimate of drug-likeness (QED) is 0.192. The molecule has 3 heteroatoms. The van der Waals surface area contributed by atoms with Crippen LogP contribution < -0.4 is 0 Å². The fourth-order valence-electron chi connectivity index (χ4n) is 8.19. The van der Waals surface area contributed by atoms with E-state index >= 15 is 0 Å². The lowest BCUT2D eigenvalue weighted by Crippen LogP contribution is -1.96. The molecule has 0 bridgehead atoms. The van der Waals surface area contributed by atoms with Crippen molar-refractivity contribution in [3.8, 4) is 22.5 Å². The van der Waals surface area contributed by atoms with Gasteiger partial charge in [0, 0.05) is 38.0 Å². The van der Waals surface area contributed by atoms with Gasteiger partial charge in [0.1, 0.15) is 11.2 Å². The minimum Gasteiger partial charge on any atom is -0.455 e. The zero-order chi connectivity index (χ0) is 32.1. The first kappa shape index (κ1) is 26.5. The topological polar surface area (TPSA) is 23.0 Å². The van der Waals surface area contributed by atoms with Crippen LogP contribution in [-0.4, -0.2) is 9.13 Å². The summed E-state index contributed by atoms with van der Waals surface area (Å²) in [5.74, 6) is 0. The molecule has 11 aromatic rings. The Morgan fingerprint density at radius 2 is 1.02 bits per heavy atom. The Kier molecular flexibility index (Phi) is 5.38. The van der Waals surface area contributed by atoms with E-state index in [1.807, 2.05) is 6.07 Å². The van der Waals surface area contributed by atoms with Crippen molar-refractivity contribution in [1.29, 1.82) is 0 Å². The lowest BCUT2D eigenvalue weighted by molar-refractivity contribution is 0.673. The monoisotopic (exact) mass is 624 g/mol. The van der Waals surface area contributed by atoms with Crippen LogP contribution in [0.1, 0.15) is 0 Å². The lowest BCUT2D eigenvalue weighted by Gasteiger charge is -2.13. The summed E-state index contributed by atoms with van der Waals surface area (Å²) in [6.45, 7) is 0. The number of fused-ring (bicyclic) bond motifs is 12. The van der Waals surface area contributed by atoms with Gasteiger partial charge in [0.2, 0.25) is 0 Å². The molecular weight excluding hydrogens is 597 g/mol. The first-order valence-electron chi connectivity index (χ1n) is 16.8. The highest BCUT2D eigenvalue weighted by Gasteiger charge is 2.24. The highest BCUT2D eigenvalue weighted by Crippen LogP contribution is 2.46. The first-order valence-corrected chi connectivity index (χ1v) is 16.8. The van der Waals surface area contributed by atoms with Gasteiger partial charge in [-0.2, -0.15) is 0 Å². The van der Waals surface area contributed by atoms with Gasteiger partial charge in [-0.05, 0) is 71.1 Å². The summed E-state index contributed by atoms with van der Waals surface area (Å²) >= 11 is 0. The predicted molar refractivity (Wildman–Crippen MR) is 205 cm³/mol. The standard InChI is InChI=1S/C46H28N2O/c1-2-11-29(12-3-1)30-21-23-32(24-22-30)47-39-18-8-6-17-36(39)43-40(47)28-26-37-44-41(27-25-35-34-16-7-9-20-42(34)49-46(35)44)48(45(37)43)38-19-10-14-31-13-4-5-15-33(31)38/h1-28H. The number of rotatable bonds is 3. The van der Waals surface area contributed by atoms with Crippen molar-refractivity contribution in [2.24, 2.45) is 0 Å². The van der Waals surface area contributed by atoms with Crippen LogP contribution >= 0.6 is 0 Å². The van der Waals surface area contributed by atoms with E-state index in [-0.39, 0.29) is 0 Å². The van der Waals surface area contributed by atoms with E-state index in [2.05, 4.69) is 173 Å². The van der Waals surface area contributed by atoms with Crippen LogP contribution in [0.3, 0.4) is 0 Å². The van der Waals surface area contributed by atoms with Crippen LogP contribution in [0.15, 0.2) is 174 Å². The maximum Gasteiger partial charge on any atom is 0.145 e. The number of hydrogen-bond acceptors (Lipinski definition) is 1. The fraction of sp³-hybridized carbons (Fsp3) is 0. The molecule has 0 N–H and O–H groups in total. The third-order valence-electron chi connectivity index (χ3n) is 10.3. The van der Waals surface area contributed by atoms with Gasteiger partial charge in [0.15, 0.2) is 0 Å². The average molecular weight is 625 g/mol. The summed E-state index contributed by atoms with van der Waals surface area (Å²) in [6, 6.07) is 61.2. The summed E-state index contributed by atoms with van der Waals surface area (Å²) in [7, 11) is 0. The molecule has 0 atom stereocenters. The molecule has 0 spiro atoms. The van der Waals surface area contributed by atoms with Crippen molar-refractivity contribution in [3.63, 3.8) is 0 Å². The number of nitrogens with zero attached hydrogens (tertiary/aromatic N) is 2. The van der Waals surface area contributed by atoms with Crippen LogP contribution in [-0.2, 0) is 0 Å². The molecule has 0 fully saturated rings. The summed E-state index contributed by atoms with van der Waals surface area (Å²) in [5, 5.41) is 9.49. The van der Waals surface area contributed by atoms with E-state index in [9.17, 15) is 0 Å². The molecule has 8 aromatic carbocycles. The summed E-state index contributed by atoms with van der Waals surface area (Å²) in [6.07, 6.45) is 0. The van der Waals surface area contributed by atoms with Gasteiger partial charge in [0.05, 0.1) is 33.1 Å². The minimum absolute atomic E-state index is 0.910. The fourth-order valence-corrected chi connectivity index (χ4v) is 8.19. The van der Waals surface area contributed by atoms with Gasteiger partial charge < -0.3 is 13.6 Å². The second kappa shape index (κ2) is 9.96. The predicted octanol–water partition coefficient (Wildman–Crippen LogP) is 12.6. The third kappa shape index (κ3) is 3.67. The zero-order valence-corrected chi connectivity index (χ0v) is 26.5. The van der Waals surface area contributed by atoms with Crippen molar-refractivity contribution >= 4 is 76.3 Å². The molecule has 0 unspecified atom stereocenters. The Balaban J connectivity index is 1.31. The molecule has 228 valence electrons. The average Bonchev–Trinajstić information content (AvgIpc) is 3.82. The molecule has 3 aromatic heterocycles. The maximum atomic E-state index is 6.71. The SMILES string of the molecule is c1ccc(-c2ccc(-n3c4ccccc4c4c3ccc3c5c6oc7ccccc7c6ccc5n(-c5cccc6ccccc56)c34)cc2)cc1. The molecule has 49 heavy (non-hydrogen) atoms. The van der Waals surface area contributed by atoms with Gasteiger partial charge in [-0.25, -0.2) is 0 Å². The summed E-state index contributed by atoms with van der Waals surface area (Å²) in [5.41, 5.74) is 11.2. The molecule has 0 aliphatic heterocycles. The van der Waals surface area contributed by atoms with E-state index in [1.165, 1.54) is 54.6 Å². The van der Waals surface area contributed by atoms with Crippen molar-refractivity contribution in [1.82, 2.24) is 9.13 Å². The Morgan fingerprint density at radius 1 is 0.367 bits per heavy atom. The van der Waals surface area contributed by atoms with Gasteiger partial charge in [-0.15, -0.1) is 0 Å². The Morgan fingerprint density at radius 3 is 1.88 bits per heavy atom. The van der Waals surface area contributed by atoms with E-state index in [0.717, 1.165) is 44.2 Å². The molecule has 0 saturated carbocycles. The summed E-state index contributed by atoms with van der Waals surface area (Å²) < 4.78 is 11.6. The van der Waals surface area contributed by atoms with Crippen molar-refractivity contribution in [2.45, 2.75) is 0 Å². The molecule has 0 saturated heterocycles. The van der Waals surface area contributed by atoms with Crippen LogP contribution in [0.2, 0.25) is 0 Å². The molecule has 0 aliphatic rings. The molecule has 0 aliphatic carbocycles. The summed E-state index contributed by atoms with van der Waals surface area (Å²) in [4.78, 5) is 0. The Labute approximate surface area is 281 Å². The number of furan rings is 1. The largest absolute Gasteiger partial charge is 0.455 e. The van der Waals surface area contributed by atoms with E-state index < -0.39 is 0 Å². The molecule has 11 rings (SSSR count). The number of hydrogen-bond donors (Lipinski definition) is 0. The Hall–Kier alpha value is -6.58. The minimum atomic E-state index is 0.910. The molecular formula is C46H28N2O. The van der Waals surface area contributed by atoms with Crippen LogP contribution in [0.5, 0.6) is 0 Å². The zero-order valence-electron chi connectivity index (χ0n) is 26.5. The Bertz CT molecular complexity index is 3080. The third-order valence-corrected chi connectivity index (χ3v) is 10.3. The van der Waals surface area contributed by atoms with Gasteiger partial charge in [-0.1, -0.05) is 115 Å². The van der Waals surface area contributed by atoms with E-state index in [0.29, 0.717) is 0 Å². The van der Waals surface area contributed by atoms with Crippen LogP contribution in [0.4, 0.5) is 0 Å². The van der Waals surface area contributed by atoms with Crippen LogP contribution in [0, 0.1) is 0 Å². The van der Waals surface area contributed by atoms with Crippen molar-refractivity contribution in [3.05, 3.63) is 170 Å². The molecule has 0 radical (unpaired) electrons. The smallest absolute Gasteiger partial charge is 0.145 e. The molecule has 0 amide bonds. The maximum absolute atomic E-state index is 6.71. The first-order chi connectivity index (χ1) is 24.3. The van der Waals surface area contributed by atoms with Gasteiger partial charge in [-0.3, -0.25) is 0 Å². The van der Waals surface area contributed by atoms with E-state index in [1.54, 1.807) is 0 Å². The highest BCUT2D eigenvalue weighted by molar-refractivity contribution is 6.31. The number of benzene rings is 8. The van der Waals surface area contributed by atoms with Crippen molar-refractivity contribution < 1.29 is 4.42 Å². The second-order valence-corrected chi connectivity index (χ2v) is 12.9. The van der Waals surface area contributed by atoms with E-state index in [4.69, 9.17) is 4.42 Å². The normalized spacial score (nSPS) is 12.1. The van der Waals surface area contributed by atoms with Crippen LogP contribution in [0.25, 0.3) is 98.8 Å². The van der Waals surface area contributed by atoms with Gasteiger partial charge in [0.25, 0.3) is 0 Å². The van der Waals surface area contributed by atoms with Gasteiger partial charge >= 0.3 is 0 Å². The number of para-hydroxylation sites is 2.